The van der Waals surface area contributed by atoms with E-state index in [4.69, 9.17) is 15.5 Å². The summed E-state index contributed by atoms with van der Waals surface area (Å²) in [5, 5.41) is 2.74. The maximum atomic E-state index is 13.8. The molecule has 3 N–H and O–H groups in total. The molecule has 3 atom stereocenters. The summed E-state index contributed by atoms with van der Waals surface area (Å²) >= 11 is 0. The van der Waals surface area contributed by atoms with Crippen LogP contribution in [0.1, 0.15) is 63.5 Å². The Balaban J connectivity index is 1.40. The minimum absolute atomic E-state index is 0.00417. The van der Waals surface area contributed by atoms with Gasteiger partial charge in [-0.1, -0.05) is 74.5 Å². The molecule has 2 aliphatic rings. The molecule has 2 aromatic carbocycles. The first-order valence-electron chi connectivity index (χ1n) is 14.4. The van der Waals surface area contributed by atoms with E-state index in [9.17, 15) is 14.4 Å². The average molecular weight is 547 g/mol. The quantitative estimate of drug-likeness (QED) is 0.353. The number of alkyl carbamates (subject to hydrolysis) is 1. The summed E-state index contributed by atoms with van der Waals surface area (Å²) in [6.07, 6.45) is 4.49. The number of aliphatic imine (C=N–C) groups is 1. The summed E-state index contributed by atoms with van der Waals surface area (Å²) in [4.78, 5) is 45.6. The third-order valence-electron chi connectivity index (χ3n) is 7.99. The zero-order chi connectivity index (χ0) is 28.7. The second-order valence-corrected chi connectivity index (χ2v) is 11.5. The van der Waals surface area contributed by atoms with Crippen LogP contribution in [0.4, 0.5) is 4.79 Å². The number of Topliss-reactive ketones (excluding diaryl/α,β-unsaturated/α-hetero) is 1. The molecule has 4 rings (SSSR count). The van der Waals surface area contributed by atoms with Crippen LogP contribution in [-0.4, -0.2) is 48.3 Å². The topological polar surface area (TPSA) is 114 Å². The normalized spacial score (nSPS) is 20.2. The Morgan fingerprint density at radius 3 is 2.35 bits per heavy atom. The molecule has 0 saturated heterocycles. The Kier molecular flexibility index (Phi) is 9.61. The minimum atomic E-state index is -0.990. The van der Waals surface area contributed by atoms with Crippen molar-refractivity contribution in [1.82, 2.24) is 10.2 Å². The van der Waals surface area contributed by atoms with Crippen molar-refractivity contribution in [1.29, 1.82) is 0 Å². The van der Waals surface area contributed by atoms with Crippen LogP contribution in [0.5, 0.6) is 0 Å². The van der Waals surface area contributed by atoms with Gasteiger partial charge in [-0.2, -0.15) is 0 Å². The van der Waals surface area contributed by atoms with Crippen LogP contribution in [-0.2, 0) is 26.3 Å². The van der Waals surface area contributed by atoms with Crippen molar-refractivity contribution in [3.8, 4) is 0 Å². The van der Waals surface area contributed by atoms with Crippen molar-refractivity contribution >= 4 is 23.7 Å². The van der Waals surface area contributed by atoms with Gasteiger partial charge >= 0.3 is 6.09 Å². The Labute approximate surface area is 237 Å². The third-order valence-corrected chi connectivity index (χ3v) is 7.99. The number of ketones is 1. The summed E-state index contributed by atoms with van der Waals surface area (Å²) in [6, 6.07) is 18.7. The van der Waals surface area contributed by atoms with Crippen LogP contribution >= 0.6 is 0 Å². The Morgan fingerprint density at radius 1 is 1.10 bits per heavy atom. The molecule has 0 unspecified atom stereocenters. The van der Waals surface area contributed by atoms with E-state index in [1.54, 1.807) is 4.90 Å². The Hall–Kier alpha value is -3.68. The van der Waals surface area contributed by atoms with Gasteiger partial charge in [0.2, 0.25) is 0 Å². The summed E-state index contributed by atoms with van der Waals surface area (Å²) < 4.78 is 4.79. The standard InChI is InChI=1S/C32H42N4O4/c1-22(2)21-32(26-14-8-5-9-15-26)29(38)36(30(33)35-32)18-10-13-25(24-16-17-24)20-28(37)27(34-31(39)40-3)19-23-11-6-4-7-12-23/h4-9,11-12,14-15,22,24-25,27H,10,13,16-21H2,1-3H3,(H2,33,35)(H,34,39)/t25-,27-,32+/m0/s1. The number of amides is 2. The van der Waals surface area contributed by atoms with Crippen molar-refractivity contribution in [3.05, 3.63) is 71.8 Å². The number of ether oxygens (including phenoxy) is 1. The van der Waals surface area contributed by atoms with Crippen molar-refractivity contribution in [2.24, 2.45) is 28.5 Å². The zero-order valence-electron chi connectivity index (χ0n) is 23.8. The molecule has 2 amide bonds. The average Bonchev–Trinajstić information content (AvgIpc) is 3.76. The Bertz CT molecular complexity index is 1200. The van der Waals surface area contributed by atoms with E-state index in [2.05, 4.69) is 19.2 Å². The van der Waals surface area contributed by atoms with Crippen LogP contribution in [0.3, 0.4) is 0 Å². The van der Waals surface area contributed by atoms with E-state index in [1.807, 2.05) is 60.7 Å². The van der Waals surface area contributed by atoms with Gasteiger partial charge in [0.1, 0.15) is 0 Å². The van der Waals surface area contributed by atoms with Gasteiger partial charge < -0.3 is 15.8 Å². The fraction of sp³-hybridized carbons (Fsp3) is 0.500. The molecule has 0 bridgehead atoms. The molecule has 1 saturated carbocycles. The molecule has 1 heterocycles. The second kappa shape index (κ2) is 13.1. The molecule has 0 spiro atoms. The maximum absolute atomic E-state index is 13.8. The van der Waals surface area contributed by atoms with Gasteiger partial charge in [0.15, 0.2) is 17.3 Å². The molecule has 40 heavy (non-hydrogen) atoms. The van der Waals surface area contributed by atoms with E-state index in [-0.39, 0.29) is 29.5 Å². The molecule has 1 aliphatic heterocycles. The van der Waals surface area contributed by atoms with E-state index in [1.165, 1.54) is 7.11 Å². The van der Waals surface area contributed by atoms with Gasteiger partial charge in [0.25, 0.3) is 5.91 Å². The zero-order valence-corrected chi connectivity index (χ0v) is 23.8. The highest BCUT2D eigenvalue weighted by atomic mass is 16.5. The SMILES string of the molecule is COC(=O)N[C@@H](Cc1ccccc1)C(=O)C[C@H](CCCN1C(=O)[C@@](CC(C)C)(c2ccccc2)N=C1N)C1CC1. The lowest BCUT2D eigenvalue weighted by Crippen LogP contribution is -2.44. The van der Waals surface area contributed by atoms with E-state index in [0.717, 1.165) is 36.8 Å². The number of guanidine groups is 1. The maximum Gasteiger partial charge on any atom is 0.407 e. The van der Waals surface area contributed by atoms with Crippen molar-refractivity contribution in [2.45, 2.75) is 70.4 Å². The summed E-state index contributed by atoms with van der Waals surface area (Å²) in [5.74, 6) is 1.13. The van der Waals surface area contributed by atoms with E-state index < -0.39 is 17.7 Å². The van der Waals surface area contributed by atoms with Gasteiger partial charge in [-0.25, -0.2) is 9.79 Å². The lowest BCUT2D eigenvalue weighted by Gasteiger charge is -2.28. The fourth-order valence-corrected chi connectivity index (χ4v) is 5.87. The fourth-order valence-electron chi connectivity index (χ4n) is 5.87. The van der Waals surface area contributed by atoms with Gasteiger partial charge in [-0.05, 0) is 67.4 Å². The van der Waals surface area contributed by atoms with Crippen LogP contribution in [0.25, 0.3) is 0 Å². The van der Waals surface area contributed by atoms with Crippen molar-refractivity contribution in [2.75, 3.05) is 13.7 Å². The lowest BCUT2D eigenvalue weighted by atomic mass is 9.82. The molecule has 214 valence electrons. The first-order valence-corrected chi connectivity index (χ1v) is 14.4. The molecule has 8 heteroatoms. The number of hydrogen-bond donors (Lipinski definition) is 2. The molecule has 0 radical (unpaired) electrons. The first-order chi connectivity index (χ1) is 19.2. The van der Waals surface area contributed by atoms with Crippen LogP contribution in [0.15, 0.2) is 65.7 Å². The molecule has 2 aromatic rings. The number of nitrogens with two attached hydrogens (primary N) is 1. The summed E-state index contributed by atoms with van der Waals surface area (Å²) in [5.41, 5.74) is 7.20. The number of benzene rings is 2. The van der Waals surface area contributed by atoms with Gasteiger partial charge in [-0.3, -0.25) is 14.5 Å². The molecular weight excluding hydrogens is 504 g/mol. The predicted octanol–water partition coefficient (Wildman–Crippen LogP) is 4.82. The summed E-state index contributed by atoms with van der Waals surface area (Å²) in [6.45, 7) is 4.64. The van der Waals surface area contributed by atoms with E-state index >= 15 is 0 Å². The lowest BCUT2D eigenvalue weighted by molar-refractivity contribution is -0.132. The first kappa shape index (κ1) is 29.3. The molecule has 0 aromatic heterocycles. The van der Waals surface area contributed by atoms with Crippen LogP contribution in [0, 0.1) is 17.8 Å². The third kappa shape index (κ3) is 7.09. The smallest absolute Gasteiger partial charge is 0.407 e. The van der Waals surface area contributed by atoms with Gasteiger partial charge in [0.05, 0.1) is 13.2 Å². The number of rotatable bonds is 14. The van der Waals surface area contributed by atoms with Crippen LogP contribution < -0.4 is 11.1 Å². The number of hydrogen-bond acceptors (Lipinski definition) is 6. The predicted molar refractivity (Wildman–Crippen MR) is 155 cm³/mol. The molecule has 1 aliphatic carbocycles. The monoisotopic (exact) mass is 546 g/mol. The highest BCUT2D eigenvalue weighted by molar-refractivity contribution is 6.07. The Morgan fingerprint density at radius 2 is 1.75 bits per heavy atom. The van der Waals surface area contributed by atoms with E-state index in [0.29, 0.717) is 31.7 Å². The number of nitrogens with one attached hydrogen (secondary N) is 1. The van der Waals surface area contributed by atoms with Crippen LogP contribution in [0.2, 0.25) is 0 Å². The van der Waals surface area contributed by atoms with Crippen molar-refractivity contribution < 1.29 is 19.1 Å². The summed E-state index contributed by atoms with van der Waals surface area (Å²) in [7, 11) is 1.30. The number of carbonyl (C=O) groups is 3. The molecule has 8 nitrogen and oxygen atoms in total. The van der Waals surface area contributed by atoms with Gasteiger partial charge in [0, 0.05) is 13.0 Å². The van der Waals surface area contributed by atoms with Crippen molar-refractivity contribution in [3.63, 3.8) is 0 Å². The molecular formula is C32H42N4O4. The highest BCUT2D eigenvalue weighted by Gasteiger charge is 2.49. The number of nitrogens with zero attached hydrogens (tertiary/aromatic N) is 2. The number of methoxy groups -OCH3 is 1. The number of carbonyl (C=O) groups excluding carboxylic acids is 3. The van der Waals surface area contributed by atoms with Gasteiger partial charge in [-0.15, -0.1) is 0 Å². The second-order valence-electron chi connectivity index (χ2n) is 11.5. The largest absolute Gasteiger partial charge is 0.453 e. The minimum Gasteiger partial charge on any atom is -0.453 e. The molecule has 1 fully saturated rings. The highest BCUT2D eigenvalue weighted by Crippen LogP contribution is 2.42.